The SMILES string of the molecule is CN=C(NCc1cccc(OCC(F)(F)F)c1)NCc1ccnn1C. The van der Waals surface area contributed by atoms with Crippen molar-refractivity contribution in [3.8, 4) is 5.75 Å². The van der Waals surface area contributed by atoms with E-state index in [1.165, 1.54) is 6.07 Å². The van der Waals surface area contributed by atoms with Gasteiger partial charge in [0.2, 0.25) is 0 Å². The van der Waals surface area contributed by atoms with E-state index in [0.29, 0.717) is 19.0 Å². The number of halogens is 3. The molecule has 0 fully saturated rings. The van der Waals surface area contributed by atoms with Gasteiger partial charge in [0.25, 0.3) is 0 Å². The lowest BCUT2D eigenvalue weighted by atomic mass is 10.2. The number of aromatic nitrogens is 2. The lowest BCUT2D eigenvalue weighted by Crippen LogP contribution is -2.36. The van der Waals surface area contributed by atoms with E-state index in [4.69, 9.17) is 4.74 Å². The highest BCUT2D eigenvalue weighted by molar-refractivity contribution is 5.79. The predicted molar refractivity (Wildman–Crippen MR) is 88.2 cm³/mol. The van der Waals surface area contributed by atoms with Gasteiger partial charge in [0.05, 0.1) is 12.2 Å². The lowest BCUT2D eigenvalue weighted by molar-refractivity contribution is -0.153. The second-order valence-corrected chi connectivity index (χ2v) is 5.28. The highest BCUT2D eigenvalue weighted by atomic mass is 19.4. The molecule has 0 aliphatic carbocycles. The Bertz CT molecular complexity index is 712. The fraction of sp³-hybridized carbons (Fsp3) is 0.375. The molecule has 1 aromatic carbocycles. The quantitative estimate of drug-likeness (QED) is 0.616. The summed E-state index contributed by atoms with van der Waals surface area (Å²) >= 11 is 0. The van der Waals surface area contributed by atoms with E-state index in [2.05, 4.69) is 20.7 Å². The van der Waals surface area contributed by atoms with Gasteiger partial charge in [-0.25, -0.2) is 0 Å². The molecule has 0 radical (unpaired) electrons. The minimum absolute atomic E-state index is 0.175. The standard InChI is InChI=1S/C16H20F3N5O/c1-20-15(22-10-13-6-7-23-24(13)2)21-9-12-4-3-5-14(8-12)25-11-16(17,18)19/h3-8H,9-11H2,1-2H3,(H2,20,21,22). The Kier molecular flexibility index (Phi) is 6.26. The molecule has 2 aromatic rings. The van der Waals surface area contributed by atoms with E-state index >= 15 is 0 Å². The summed E-state index contributed by atoms with van der Waals surface area (Å²) in [6.45, 7) is -0.364. The van der Waals surface area contributed by atoms with E-state index in [1.54, 1.807) is 36.1 Å². The van der Waals surface area contributed by atoms with Crippen molar-refractivity contribution in [3.05, 3.63) is 47.8 Å². The zero-order valence-corrected chi connectivity index (χ0v) is 14.0. The summed E-state index contributed by atoms with van der Waals surface area (Å²) in [5, 5.41) is 10.3. The van der Waals surface area contributed by atoms with Crippen molar-refractivity contribution in [2.45, 2.75) is 19.3 Å². The number of benzene rings is 1. The molecule has 6 nitrogen and oxygen atoms in total. The Morgan fingerprint density at radius 1 is 1.24 bits per heavy atom. The molecule has 0 atom stereocenters. The van der Waals surface area contributed by atoms with Gasteiger partial charge in [-0.1, -0.05) is 12.1 Å². The van der Waals surface area contributed by atoms with Crippen LogP contribution in [0.2, 0.25) is 0 Å². The number of hydrogen-bond acceptors (Lipinski definition) is 3. The van der Waals surface area contributed by atoms with E-state index in [0.717, 1.165) is 11.3 Å². The predicted octanol–water partition coefficient (Wildman–Crippen LogP) is 2.23. The van der Waals surface area contributed by atoms with Crippen LogP contribution in [0.25, 0.3) is 0 Å². The molecule has 0 bridgehead atoms. The average Bonchev–Trinajstić information content (AvgIpc) is 2.98. The first-order chi connectivity index (χ1) is 11.9. The van der Waals surface area contributed by atoms with Crippen molar-refractivity contribution < 1.29 is 17.9 Å². The molecule has 0 saturated carbocycles. The second-order valence-electron chi connectivity index (χ2n) is 5.28. The molecule has 9 heteroatoms. The molecule has 0 spiro atoms. The van der Waals surface area contributed by atoms with E-state index in [-0.39, 0.29) is 5.75 Å². The maximum absolute atomic E-state index is 12.2. The fourth-order valence-corrected chi connectivity index (χ4v) is 2.07. The van der Waals surface area contributed by atoms with Crippen molar-refractivity contribution in [2.75, 3.05) is 13.7 Å². The van der Waals surface area contributed by atoms with Gasteiger partial charge < -0.3 is 15.4 Å². The van der Waals surface area contributed by atoms with E-state index in [1.807, 2.05) is 13.1 Å². The van der Waals surface area contributed by atoms with Crippen molar-refractivity contribution in [2.24, 2.45) is 12.0 Å². The first kappa shape index (κ1) is 18.6. The summed E-state index contributed by atoms with van der Waals surface area (Å²) in [6, 6.07) is 8.38. The Balaban J connectivity index is 1.85. The summed E-state index contributed by atoms with van der Waals surface area (Å²) in [5.41, 5.74) is 1.77. The van der Waals surface area contributed by atoms with Gasteiger partial charge in [-0.2, -0.15) is 18.3 Å². The Labute approximate surface area is 143 Å². The molecular formula is C16H20F3N5O. The molecule has 2 N–H and O–H groups in total. The van der Waals surface area contributed by atoms with Crippen molar-refractivity contribution >= 4 is 5.96 Å². The maximum atomic E-state index is 12.2. The zero-order chi connectivity index (χ0) is 18.3. The van der Waals surface area contributed by atoms with Crippen LogP contribution in [-0.4, -0.2) is 35.6 Å². The third-order valence-electron chi connectivity index (χ3n) is 3.34. The number of ether oxygens (including phenoxy) is 1. The van der Waals surface area contributed by atoms with Crippen LogP contribution >= 0.6 is 0 Å². The Morgan fingerprint density at radius 3 is 2.64 bits per heavy atom. The van der Waals surface area contributed by atoms with Crippen molar-refractivity contribution in [1.29, 1.82) is 0 Å². The van der Waals surface area contributed by atoms with Crippen LogP contribution in [0.15, 0.2) is 41.5 Å². The third kappa shape index (κ3) is 6.36. The van der Waals surface area contributed by atoms with Gasteiger partial charge in [-0.3, -0.25) is 9.67 Å². The lowest BCUT2D eigenvalue weighted by Gasteiger charge is -2.13. The average molecular weight is 355 g/mol. The molecule has 0 saturated heterocycles. The third-order valence-corrected chi connectivity index (χ3v) is 3.34. The zero-order valence-electron chi connectivity index (χ0n) is 14.0. The normalized spacial score (nSPS) is 12.1. The molecule has 0 aliphatic heterocycles. The Hall–Kier alpha value is -2.71. The van der Waals surface area contributed by atoms with E-state index in [9.17, 15) is 13.2 Å². The molecule has 1 heterocycles. The number of aliphatic imine (C=N–C) groups is 1. The van der Waals surface area contributed by atoms with Crippen LogP contribution in [0.1, 0.15) is 11.3 Å². The minimum atomic E-state index is -4.36. The number of aryl methyl sites for hydroxylation is 1. The van der Waals surface area contributed by atoms with Gasteiger partial charge in [-0.15, -0.1) is 0 Å². The largest absolute Gasteiger partial charge is 0.484 e. The molecule has 0 unspecified atom stereocenters. The molecule has 0 aliphatic rings. The first-order valence-corrected chi connectivity index (χ1v) is 7.57. The van der Waals surface area contributed by atoms with Gasteiger partial charge in [0.15, 0.2) is 12.6 Å². The Morgan fingerprint density at radius 2 is 2.00 bits per heavy atom. The summed E-state index contributed by atoms with van der Waals surface area (Å²) < 4.78 is 43.1. The number of nitrogens with zero attached hydrogens (tertiary/aromatic N) is 3. The van der Waals surface area contributed by atoms with Crippen LogP contribution in [0.3, 0.4) is 0 Å². The summed E-state index contributed by atoms with van der Waals surface area (Å²) in [4.78, 5) is 4.11. The van der Waals surface area contributed by atoms with Crippen LogP contribution in [0, 0.1) is 0 Å². The molecule has 136 valence electrons. The molecule has 25 heavy (non-hydrogen) atoms. The number of hydrogen-bond donors (Lipinski definition) is 2. The van der Waals surface area contributed by atoms with Crippen molar-refractivity contribution in [1.82, 2.24) is 20.4 Å². The molecule has 2 rings (SSSR count). The van der Waals surface area contributed by atoms with Crippen LogP contribution in [0.4, 0.5) is 13.2 Å². The highest BCUT2D eigenvalue weighted by Gasteiger charge is 2.28. The van der Waals surface area contributed by atoms with Gasteiger partial charge in [0.1, 0.15) is 5.75 Å². The number of nitrogens with one attached hydrogen (secondary N) is 2. The summed E-state index contributed by atoms with van der Waals surface area (Å²) in [7, 11) is 3.49. The highest BCUT2D eigenvalue weighted by Crippen LogP contribution is 2.19. The monoisotopic (exact) mass is 355 g/mol. The number of guanidine groups is 1. The summed E-state index contributed by atoms with van der Waals surface area (Å²) in [6.07, 6.45) is -2.65. The smallest absolute Gasteiger partial charge is 0.422 e. The van der Waals surface area contributed by atoms with E-state index < -0.39 is 12.8 Å². The van der Waals surface area contributed by atoms with Gasteiger partial charge in [-0.05, 0) is 23.8 Å². The van der Waals surface area contributed by atoms with Crippen molar-refractivity contribution in [3.63, 3.8) is 0 Å². The number of rotatable bonds is 6. The summed E-state index contributed by atoms with van der Waals surface area (Å²) in [5.74, 6) is 0.747. The first-order valence-electron chi connectivity index (χ1n) is 7.57. The van der Waals surface area contributed by atoms with Crippen LogP contribution < -0.4 is 15.4 Å². The maximum Gasteiger partial charge on any atom is 0.422 e. The van der Waals surface area contributed by atoms with Gasteiger partial charge in [0, 0.05) is 26.8 Å². The van der Waals surface area contributed by atoms with Crippen LogP contribution in [0.5, 0.6) is 5.75 Å². The topological polar surface area (TPSA) is 63.5 Å². The second kappa shape index (κ2) is 8.41. The molecular weight excluding hydrogens is 335 g/mol. The fourth-order valence-electron chi connectivity index (χ4n) is 2.07. The number of alkyl halides is 3. The molecule has 1 aromatic heterocycles. The minimum Gasteiger partial charge on any atom is -0.484 e. The molecule has 0 amide bonds. The van der Waals surface area contributed by atoms with Crippen LogP contribution in [-0.2, 0) is 20.1 Å². The van der Waals surface area contributed by atoms with Gasteiger partial charge >= 0.3 is 6.18 Å².